The molecule has 2 amide bonds. The van der Waals surface area contributed by atoms with Crippen molar-refractivity contribution in [2.75, 3.05) is 12.4 Å². The molecule has 0 radical (unpaired) electrons. The van der Waals surface area contributed by atoms with Gasteiger partial charge in [0.15, 0.2) is 0 Å². The molecule has 19 heavy (non-hydrogen) atoms. The summed E-state index contributed by atoms with van der Waals surface area (Å²) < 4.78 is 4.80. The third-order valence-corrected chi connectivity index (χ3v) is 3.39. The Labute approximate surface area is 119 Å². The van der Waals surface area contributed by atoms with Crippen molar-refractivity contribution in [1.82, 2.24) is 10.6 Å². The molecule has 1 unspecified atom stereocenters. The van der Waals surface area contributed by atoms with E-state index in [-0.39, 0.29) is 6.03 Å². The van der Waals surface area contributed by atoms with Crippen molar-refractivity contribution in [3.8, 4) is 0 Å². The van der Waals surface area contributed by atoms with Crippen LogP contribution in [0.5, 0.6) is 0 Å². The summed E-state index contributed by atoms with van der Waals surface area (Å²) in [6.45, 7) is 0. The fourth-order valence-electron chi connectivity index (χ4n) is 1.97. The number of methoxy groups -OCH3 is 1. The first-order chi connectivity index (χ1) is 9.17. The third kappa shape index (κ3) is 2.78. The first kappa shape index (κ1) is 13.6. The number of alkyl halides is 1. The topological polar surface area (TPSA) is 67.4 Å². The fraction of sp³-hybridized carbons (Fsp3) is 0.231. The monoisotopic (exact) mass is 324 g/mol. The average Bonchev–Trinajstić information content (AvgIpc) is 2.46. The molecule has 100 valence electrons. The summed E-state index contributed by atoms with van der Waals surface area (Å²) in [5.74, 6) is -0.462. The largest absolute Gasteiger partial charge is 0.466 e. The Hall–Kier alpha value is -1.82. The summed E-state index contributed by atoms with van der Waals surface area (Å²) in [7, 11) is 1.32. The number of ether oxygens (including phenoxy) is 1. The van der Waals surface area contributed by atoms with Crippen LogP contribution >= 0.6 is 15.9 Å². The van der Waals surface area contributed by atoms with Crippen LogP contribution in [0.15, 0.2) is 41.6 Å². The normalized spacial score (nSPS) is 18.6. The summed E-state index contributed by atoms with van der Waals surface area (Å²) in [5, 5.41) is 5.71. The van der Waals surface area contributed by atoms with E-state index in [1.807, 2.05) is 30.3 Å². The number of halogens is 1. The Morgan fingerprint density at radius 1 is 1.37 bits per heavy atom. The van der Waals surface area contributed by atoms with E-state index in [2.05, 4.69) is 26.6 Å². The maximum atomic E-state index is 11.9. The van der Waals surface area contributed by atoms with Crippen molar-refractivity contribution in [3.05, 3.63) is 47.2 Å². The highest BCUT2D eigenvalue weighted by Crippen LogP contribution is 2.27. The lowest BCUT2D eigenvalue weighted by Gasteiger charge is -2.28. The van der Waals surface area contributed by atoms with E-state index < -0.39 is 12.0 Å². The molecule has 0 saturated heterocycles. The molecule has 1 heterocycles. The van der Waals surface area contributed by atoms with Gasteiger partial charge in [-0.25, -0.2) is 9.59 Å². The van der Waals surface area contributed by atoms with Crippen molar-refractivity contribution >= 4 is 27.9 Å². The summed E-state index contributed by atoms with van der Waals surface area (Å²) in [6.07, 6.45) is 0. The van der Waals surface area contributed by atoms with Gasteiger partial charge in [0.2, 0.25) is 0 Å². The molecular weight excluding hydrogens is 312 g/mol. The molecular formula is C13H13BrN2O3. The summed E-state index contributed by atoms with van der Waals surface area (Å²) >= 11 is 3.27. The maximum Gasteiger partial charge on any atom is 0.338 e. The second-order valence-corrected chi connectivity index (χ2v) is 4.52. The highest BCUT2D eigenvalue weighted by molar-refractivity contribution is 9.09. The molecule has 1 aliphatic rings. The predicted molar refractivity (Wildman–Crippen MR) is 73.7 cm³/mol. The number of allylic oxidation sites excluding steroid dienone is 1. The molecule has 2 rings (SSSR count). The number of esters is 1. The van der Waals surface area contributed by atoms with Crippen LogP contribution in [0, 0.1) is 0 Å². The van der Waals surface area contributed by atoms with Crippen molar-refractivity contribution < 1.29 is 14.3 Å². The molecule has 0 bridgehead atoms. The van der Waals surface area contributed by atoms with Crippen molar-refractivity contribution in [3.63, 3.8) is 0 Å². The van der Waals surface area contributed by atoms with Gasteiger partial charge in [0.25, 0.3) is 0 Å². The molecule has 5 nitrogen and oxygen atoms in total. The lowest BCUT2D eigenvalue weighted by molar-refractivity contribution is -0.136. The van der Waals surface area contributed by atoms with Gasteiger partial charge in [-0.1, -0.05) is 46.3 Å². The number of urea groups is 1. The lowest BCUT2D eigenvalue weighted by Crippen LogP contribution is -2.46. The molecule has 1 atom stereocenters. The molecule has 0 spiro atoms. The minimum atomic E-state index is -0.505. The van der Waals surface area contributed by atoms with Crippen LogP contribution in [0.3, 0.4) is 0 Å². The van der Waals surface area contributed by atoms with Crippen LogP contribution in [-0.4, -0.2) is 24.4 Å². The Morgan fingerprint density at radius 2 is 2.05 bits per heavy atom. The SMILES string of the molecule is COC(=O)C1=C(CBr)NC(=O)NC1c1ccccc1. The lowest BCUT2D eigenvalue weighted by atomic mass is 9.96. The van der Waals surface area contributed by atoms with E-state index in [4.69, 9.17) is 4.74 Å². The zero-order chi connectivity index (χ0) is 13.8. The number of amides is 2. The molecule has 2 N–H and O–H groups in total. The number of carbonyl (C=O) groups excluding carboxylic acids is 2. The number of carbonyl (C=O) groups is 2. The van der Waals surface area contributed by atoms with E-state index in [0.29, 0.717) is 16.6 Å². The molecule has 6 heteroatoms. The smallest absolute Gasteiger partial charge is 0.338 e. The van der Waals surface area contributed by atoms with Gasteiger partial charge in [0.05, 0.1) is 18.7 Å². The number of hydrogen-bond acceptors (Lipinski definition) is 3. The third-order valence-electron chi connectivity index (χ3n) is 2.83. The number of hydrogen-bond donors (Lipinski definition) is 2. The molecule has 0 fully saturated rings. The summed E-state index contributed by atoms with van der Waals surface area (Å²) in [5.41, 5.74) is 1.76. The van der Waals surface area contributed by atoms with Gasteiger partial charge < -0.3 is 15.4 Å². The van der Waals surface area contributed by atoms with Crippen LogP contribution in [-0.2, 0) is 9.53 Å². The fourth-order valence-corrected chi connectivity index (χ4v) is 2.41. The quantitative estimate of drug-likeness (QED) is 0.658. The van der Waals surface area contributed by atoms with Gasteiger partial charge in [-0.2, -0.15) is 0 Å². The second kappa shape index (κ2) is 5.88. The van der Waals surface area contributed by atoms with E-state index in [9.17, 15) is 9.59 Å². The van der Waals surface area contributed by atoms with Crippen LogP contribution < -0.4 is 10.6 Å². The Kier molecular flexibility index (Phi) is 4.21. The second-order valence-electron chi connectivity index (χ2n) is 3.96. The molecule has 0 aliphatic carbocycles. The van der Waals surface area contributed by atoms with Crippen LogP contribution in [0.2, 0.25) is 0 Å². The van der Waals surface area contributed by atoms with E-state index >= 15 is 0 Å². The maximum absolute atomic E-state index is 11.9. The number of rotatable bonds is 3. The molecule has 0 saturated carbocycles. The van der Waals surface area contributed by atoms with E-state index in [0.717, 1.165) is 5.56 Å². The Morgan fingerprint density at radius 3 is 2.63 bits per heavy atom. The molecule has 0 aromatic heterocycles. The molecule has 1 aliphatic heterocycles. The Bertz CT molecular complexity index is 528. The zero-order valence-corrected chi connectivity index (χ0v) is 11.9. The van der Waals surface area contributed by atoms with Crippen LogP contribution in [0.25, 0.3) is 0 Å². The van der Waals surface area contributed by atoms with Crippen molar-refractivity contribution in [2.45, 2.75) is 6.04 Å². The highest BCUT2D eigenvalue weighted by Gasteiger charge is 2.32. The first-order valence-corrected chi connectivity index (χ1v) is 6.79. The number of benzene rings is 1. The van der Waals surface area contributed by atoms with E-state index in [1.54, 1.807) is 0 Å². The number of nitrogens with one attached hydrogen (secondary N) is 2. The minimum Gasteiger partial charge on any atom is -0.466 e. The van der Waals surface area contributed by atoms with Gasteiger partial charge in [0.1, 0.15) is 0 Å². The van der Waals surface area contributed by atoms with Gasteiger partial charge in [-0.15, -0.1) is 0 Å². The molecule has 1 aromatic carbocycles. The minimum absolute atomic E-state index is 0.337. The van der Waals surface area contributed by atoms with Gasteiger partial charge in [-0.3, -0.25) is 0 Å². The summed E-state index contributed by atoms with van der Waals surface area (Å²) in [6, 6.07) is 8.44. The van der Waals surface area contributed by atoms with Crippen molar-refractivity contribution in [1.29, 1.82) is 0 Å². The first-order valence-electron chi connectivity index (χ1n) is 5.67. The van der Waals surface area contributed by atoms with E-state index in [1.165, 1.54) is 7.11 Å². The highest BCUT2D eigenvalue weighted by atomic mass is 79.9. The standard InChI is InChI=1S/C13H13BrN2O3/c1-19-12(17)10-9(7-14)15-13(18)16-11(10)8-5-3-2-4-6-8/h2-6,11H,7H2,1H3,(H2,15,16,18). The van der Waals surface area contributed by atoms with Gasteiger partial charge >= 0.3 is 12.0 Å². The van der Waals surface area contributed by atoms with Gasteiger partial charge in [-0.05, 0) is 5.56 Å². The van der Waals surface area contributed by atoms with Gasteiger partial charge in [0, 0.05) is 11.0 Å². The molecule has 1 aromatic rings. The van der Waals surface area contributed by atoms with Crippen molar-refractivity contribution in [2.24, 2.45) is 0 Å². The average molecular weight is 325 g/mol. The summed E-state index contributed by atoms with van der Waals surface area (Å²) in [4.78, 5) is 23.6. The van der Waals surface area contributed by atoms with Crippen LogP contribution in [0.4, 0.5) is 4.79 Å². The predicted octanol–water partition coefficient (Wildman–Crippen LogP) is 1.86. The zero-order valence-electron chi connectivity index (χ0n) is 10.3. The van der Waals surface area contributed by atoms with Crippen LogP contribution in [0.1, 0.15) is 11.6 Å². The Balaban J connectivity index is 2.50.